The van der Waals surface area contributed by atoms with Gasteiger partial charge in [0, 0.05) is 16.8 Å². The highest BCUT2D eigenvalue weighted by Gasteiger charge is 2.14. The van der Waals surface area contributed by atoms with Gasteiger partial charge in [-0.3, -0.25) is 4.79 Å². The Labute approximate surface area is 147 Å². The number of hydrogen-bond acceptors (Lipinski definition) is 5. The monoisotopic (exact) mass is 360 g/mol. The highest BCUT2D eigenvalue weighted by molar-refractivity contribution is 6.04. The van der Waals surface area contributed by atoms with Gasteiger partial charge in [-0.15, -0.1) is 0 Å². The number of nitrogens with one attached hydrogen (secondary N) is 1. The SMILES string of the molecule is COc1cc(C(=O)Nc2ccc(-c3cnco3)cc2)ccc1OC(F)F. The van der Waals surface area contributed by atoms with Gasteiger partial charge in [-0.05, 0) is 42.5 Å². The van der Waals surface area contributed by atoms with Crippen LogP contribution in [0.25, 0.3) is 11.3 Å². The molecule has 0 unspecified atom stereocenters. The maximum Gasteiger partial charge on any atom is 0.387 e. The van der Waals surface area contributed by atoms with Crippen molar-refractivity contribution in [3.63, 3.8) is 0 Å². The van der Waals surface area contributed by atoms with Crippen molar-refractivity contribution in [2.24, 2.45) is 0 Å². The molecule has 0 saturated carbocycles. The molecule has 1 N–H and O–H groups in total. The summed E-state index contributed by atoms with van der Waals surface area (Å²) in [4.78, 5) is 16.2. The van der Waals surface area contributed by atoms with Crippen molar-refractivity contribution in [3.8, 4) is 22.8 Å². The highest BCUT2D eigenvalue weighted by atomic mass is 19.3. The maximum atomic E-state index is 12.4. The van der Waals surface area contributed by atoms with Crippen molar-refractivity contribution < 1.29 is 27.5 Å². The van der Waals surface area contributed by atoms with Crippen LogP contribution in [-0.2, 0) is 0 Å². The van der Waals surface area contributed by atoms with E-state index >= 15 is 0 Å². The van der Waals surface area contributed by atoms with Gasteiger partial charge in [-0.2, -0.15) is 8.78 Å². The number of carbonyl (C=O) groups excluding carboxylic acids is 1. The van der Waals surface area contributed by atoms with Gasteiger partial charge in [0.25, 0.3) is 5.91 Å². The van der Waals surface area contributed by atoms with Crippen LogP contribution in [0, 0.1) is 0 Å². The lowest BCUT2D eigenvalue weighted by atomic mass is 10.1. The van der Waals surface area contributed by atoms with E-state index in [2.05, 4.69) is 15.0 Å². The summed E-state index contributed by atoms with van der Waals surface area (Å²) in [5.74, 6) is 0.0932. The lowest BCUT2D eigenvalue weighted by molar-refractivity contribution is -0.0512. The number of oxazole rings is 1. The van der Waals surface area contributed by atoms with E-state index in [1.54, 1.807) is 30.5 Å². The molecule has 0 aliphatic rings. The number of carbonyl (C=O) groups is 1. The predicted octanol–water partition coefficient (Wildman–Crippen LogP) is 4.20. The Balaban J connectivity index is 1.73. The summed E-state index contributed by atoms with van der Waals surface area (Å²) in [5.41, 5.74) is 1.61. The van der Waals surface area contributed by atoms with Crippen molar-refractivity contribution >= 4 is 11.6 Å². The molecule has 1 aromatic heterocycles. The summed E-state index contributed by atoms with van der Waals surface area (Å²) in [5, 5.41) is 2.71. The van der Waals surface area contributed by atoms with Gasteiger partial charge in [0.2, 0.25) is 0 Å². The van der Waals surface area contributed by atoms with Gasteiger partial charge < -0.3 is 19.2 Å². The van der Waals surface area contributed by atoms with E-state index in [4.69, 9.17) is 9.15 Å². The molecule has 134 valence electrons. The Hall–Kier alpha value is -3.42. The molecule has 0 fully saturated rings. The van der Waals surface area contributed by atoms with E-state index in [1.807, 2.05) is 0 Å². The standard InChI is InChI=1S/C18H14F2N2O4/c1-24-15-8-12(4-7-14(15)26-18(19)20)17(23)22-13-5-2-11(3-6-13)16-9-21-10-25-16/h2-10,18H,1H3,(H,22,23). The summed E-state index contributed by atoms with van der Waals surface area (Å²) >= 11 is 0. The lowest BCUT2D eigenvalue weighted by Gasteiger charge is -2.11. The van der Waals surface area contributed by atoms with Crippen LogP contribution in [0.5, 0.6) is 11.5 Å². The van der Waals surface area contributed by atoms with Gasteiger partial charge in [0.1, 0.15) is 0 Å². The molecule has 1 heterocycles. The molecule has 0 aliphatic heterocycles. The zero-order valence-electron chi connectivity index (χ0n) is 13.6. The van der Waals surface area contributed by atoms with E-state index in [0.29, 0.717) is 11.4 Å². The first-order chi connectivity index (χ1) is 12.6. The molecule has 0 radical (unpaired) electrons. The summed E-state index contributed by atoms with van der Waals surface area (Å²) in [7, 11) is 1.30. The van der Waals surface area contributed by atoms with Crippen LogP contribution in [0.15, 0.2) is 59.5 Å². The van der Waals surface area contributed by atoms with E-state index in [9.17, 15) is 13.6 Å². The third-order valence-electron chi connectivity index (χ3n) is 3.50. The summed E-state index contributed by atoms with van der Waals surface area (Å²) in [6.07, 6.45) is 2.92. The Kier molecular flexibility index (Phi) is 5.12. The molecule has 3 rings (SSSR count). The minimum Gasteiger partial charge on any atom is -0.493 e. The van der Waals surface area contributed by atoms with Crippen LogP contribution < -0.4 is 14.8 Å². The smallest absolute Gasteiger partial charge is 0.387 e. The van der Waals surface area contributed by atoms with Gasteiger partial charge >= 0.3 is 6.61 Å². The number of ether oxygens (including phenoxy) is 2. The fourth-order valence-corrected chi connectivity index (χ4v) is 2.28. The highest BCUT2D eigenvalue weighted by Crippen LogP contribution is 2.30. The first kappa shape index (κ1) is 17.4. The molecular weight excluding hydrogens is 346 g/mol. The zero-order chi connectivity index (χ0) is 18.5. The van der Waals surface area contributed by atoms with E-state index in [0.717, 1.165) is 5.56 Å². The van der Waals surface area contributed by atoms with Gasteiger partial charge in [0.15, 0.2) is 23.7 Å². The fourth-order valence-electron chi connectivity index (χ4n) is 2.28. The number of methoxy groups -OCH3 is 1. The van der Waals surface area contributed by atoms with Crippen LogP contribution in [-0.4, -0.2) is 24.6 Å². The minimum absolute atomic E-state index is 0.0404. The van der Waals surface area contributed by atoms with Gasteiger partial charge in [-0.1, -0.05) is 0 Å². The zero-order valence-corrected chi connectivity index (χ0v) is 13.6. The average molecular weight is 360 g/mol. The molecule has 0 aliphatic carbocycles. The Morgan fingerprint density at radius 1 is 1.15 bits per heavy atom. The van der Waals surface area contributed by atoms with Crippen LogP contribution in [0.1, 0.15) is 10.4 Å². The molecule has 0 saturated heterocycles. The molecule has 3 aromatic rings. The topological polar surface area (TPSA) is 73.6 Å². The molecular formula is C18H14F2N2O4. The largest absolute Gasteiger partial charge is 0.493 e. The molecule has 26 heavy (non-hydrogen) atoms. The quantitative estimate of drug-likeness (QED) is 0.713. The number of alkyl halides is 2. The third-order valence-corrected chi connectivity index (χ3v) is 3.50. The van der Waals surface area contributed by atoms with Crippen LogP contribution >= 0.6 is 0 Å². The number of nitrogens with zero attached hydrogens (tertiary/aromatic N) is 1. The van der Waals surface area contributed by atoms with E-state index in [-0.39, 0.29) is 17.1 Å². The fraction of sp³-hybridized carbons (Fsp3) is 0.111. The van der Waals surface area contributed by atoms with Gasteiger partial charge in [0.05, 0.1) is 13.3 Å². The molecule has 1 amide bonds. The second-order valence-electron chi connectivity index (χ2n) is 5.14. The van der Waals surface area contributed by atoms with Crippen molar-refractivity contribution in [2.75, 3.05) is 12.4 Å². The van der Waals surface area contributed by atoms with Gasteiger partial charge in [-0.25, -0.2) is 4.98 Å². The number of anilines is 1. The molecule has 8 heteroatoms. The average Bonchev–Trinajstić information content (AvgIpc) is 3.17. The van der Waals surface area contributed by atoms with Crippen LogP contribution in [0.3, 0.4) is 0 Å². The molecule has 6 nitrogen and oxygen atoms in total. The molecule has 2 aromatic carbocycles. The van der Waals surface area contributed by atoms with Crippen molar-refractivity contribution in [3.05, 3.63) is 60.6 Å². The Morgan fingerprint density at radius 3 is 2.54 bits per heavy atom. The Bertz CT molecular complexity index is 881. The molecule has 0 spiro atoms. The number of halogens is 2. The summed E-state index contributed by atoms with van der Waals surface area (Å²) in [6, 6.07) is 10.9. The maximum absolute atomic E-state index is 12.4. The van der Waals surface area contributed by atoms with Crippen LogP contribution in [0.4, 0.5) is 14.5 Å². The predicted molar refractivity (Wildman–Crippen MR) is 89.5 cm³/mol. The lowest BCUT2D eigenvalue weighted by Crippen LogP contribution is -2.12. The number of amides is 1. The second kappa shape index (κ2) is 7.64. The number of hydrogen-bond donors (Lipinski definition) is 1. The Morgan fingerprint density at radius 2 is 1.92 bits per heavy atom. The number of benzene rings is 2. The van der Waals surface area contributed by atoms with E-state index in [1.165, 1.54) is 31.7 Å². The first-order valence-corrected chi connectivity index (χ1v) is 7.50. The second-order valence-corrected chi connectivity index (χ2v) is 5.14. The first-order valence-electron chi connectivity index (χ1n) is 7.50. The normalized spacial score (nSPS) is 10.6. The number of rotatable bonds is 6. The minimum atomic E-state index is -2.98. The molecule has 0 atom stereocenters. The summed E-state index contributed by atoms with van der Waals surface area (Å²) in [6.45, 7) is -2.98. The summed E-state index contributed by atoms with van der Waals surface area (Å²) < 4.78 is 39.2. The van der Waals surface area contributed by atoms with Crippen molar-refractivity contribution in [1.82, 2.24) is 4.98 Å². The molecule has 0 bridgehead atoms. The van der Waals surface area contributed by atoms with E-state index < -0.39 is 12.5 Å². The third kappa shape index (κ3) is 3.97. The van der Waals surface area contributed by atoms with Crippen LogP contribution in [0.2, 0.25) is 0 Å². The van der Waals surface area contributed by atoms with Crippen molar-refractivity contribution in [2.45, 2.75) is 6.61 Å². The van der Waals surface area contributed by atoms with Crippen molar-refractivity contribution in [1.29, 1.82) is 0 Å². The number of aromatic nitrogens is 1.